The summed E-state index contributed by atoms with van der Waals surface area (Å²) in [6, 6.07) is 0. The lowest BCUT2D eigenvalue weighted by Gasteiger charge is -2.39. The lowest BCUT2D eigenvalue weighted by atomic mass is 10.0. The van der Waals surface area contributed by atoms with Crippen molar-refractivity contribution >= 4 is 27.2 Å². The lowest BCUT2D eigenvalue weighted by molar-refractivity contribution is -0.205. The van der Waals surface area contributed by atoms with Crippen molar-refractivity contribution < 1.29 is 42.4 Å². The number of aliphatic hydroxyl groups is 4. The minimum absolute atomic E-state index is 0.0683. The zero-order valence-corrected chi connectivity index (χ0v) is 14.3. The molecule has 1 aliphatic heterocycles. The molecule has 5 unspecified atom stereocenters. The molecule has 140 valence electrons. The van der Waals surface area contributed by atoms with Crippen LogP contribution in [0.4, 0.5) is 0 Å². The highest BCUT2D eigenvalue weighted by molar-refractivity contribution is 8.14. The van der Waals surface area contributed by atoms with Gasteiger partial charge in [0.25, 0.3) is 0 Å². The maximum Gasteiger partial charge on any atom is 0.466 e. The number of nitrogens with zero attached hydrogens (tertiary/aromatic N) is 1. The highest BCUT2D eigenvalue weighted by Gasteiger charge is 2.44. The topological polar surface area (TPSA) is 166 Å². The van der Waals surface area contributed by atoms with Gasteiger partial charge in [0.1, 0.15) is 34.9 Å². The van der Waals surface area contributed by atoms with Gasteiger partial charge in [-0.3, -0.25) is 4.55 Å². The average Bonchev–Trinajstić information content (AvgIpc) is 2.52. The number of unbranched alkanes of at least 4 members (excludes halogenated alkanes) is 1. The van der Waals surface area contributed by atoms with E-state index in [2.05, 4.69) is 16.0 Å². The van der Waals surface area contributed by atoms with E-state index in [4.69, 9.17) is 14.4 Å². The fraction of sp³-hybridized carbons (Fsp3) is 0.750. The Balaban J connectivity index is 2.84. The van der Waals surface area contributed by atoms with Crippen molar-refractivity contribution in [2.45, 2.75) is 49.1 Å². The second-order valence-corrected chi connectivity index (χ2v) is 7.16. The SMILES string of the molecule is C=CCCC/C(=N\OS(=O)(=O)O)SC1OC(CO)C(O)C(O)C1O. The van der Waals surface area contributed by atoms with Crippen LogP contribution < -0.4 is 0 Å². The molecule has 1 heterocycles. The van der Waals surface area contributed by atoms with Gasteiger partial charge in [-0.1, -0.05) is 23.0 Å². The van der Waals surface area contributed by atoms with Crippen LogP contribution >= 0.6 is 11.8 Å². The second kappa shape index (κ2) is 9.68. The molecule has 1 fully saturated rings. The first-order valence-corrected chi connectivity index (χ1v) is 9.25. The smallest absolute Gasteiger partial charge is 0.394 e. The average molecular weight is 387 g/mol. The molecule has 0 aliphatic carbocycles. The molecule has 0 spiro atoms. The third-order valence-electron chi connectivity index (χ3n) is 3.13. The Morgan fingerprint density at radius 1 is 1.29 bits per heavy atom. The fourth-order valence-electron chi connectivity index (χ4n) is 1.91. The van der Waals surface area contributed by atoms with Crippen LogP contribution in [0.15, 0.2) is 17.8 Å². The van der Waals surface area contributed by atoms with Crippen LogP contribution in [0.2, 0.25) is 0 Å². The predicted octanol–water partition coefficient (Wildman–Crippen LogP) is -0.991. The molecule has 0 bridgehead atoms. The van der Waals surface area contributed by atoms with E-state index in [1.807, 2.05) is 0 Å². The van der Waals surface area contributed by atoms with E-state index < -0.39 is 46.9 Å². The van der Waals surface area contributed by atoms with Crippen LogP contribution in [-0.2, 0) is 19.4 Å². The van der Waals surface area contributed by atoms with Gasteiger partial charge in [-0.25, -0.2) is 4.28 Å². The van der Waals surface area contributed by atoms with Gasteiger partial charge < -0.3 is 25.2 Å². The molecule has 0 saturated carbocycles. The first-order valence-electron chi connectivity index (χ1n) is 7.00. The molecule has 0 aromatic rings. The van der Waals surface area contributed by atoms with Gasteiger partial charge >= 0.3 is 10.4 Å². The quantitative estimate of drug-likeness (QED) is 0.0871. The predicted molar refractivity (Wildman–Crippen MR) is 85.5 cm³/mol. The van der Waals surface area contributed by atoms with Gasteiger partial charge in [-0.15, -0.1) is 6.58 Å². The molecule has 12 heteroatoms. The van der Waals surface area contributed by atoms with Gasteiger partial charge in [-0.2, -0.15) is 8.42 Å². The van der Waals surface area contributed by atoms with E-state index >= 15 is 0 Å². The van der Waals surface area contributed by atoms with E-state index in [-0.39, 0.29) is 11.5 Å². The molecule has 0 aromatic heterocycles. The number of ether oxygens (including phenoxy) is 1. The van der Waals surface area contributed by atoms with Crippen LogP contribution in [0.1, 0.15) is 19.3 Å². The summed E-state index contributed by atoms with van der Waals surface area (Å²) in [6.07, 6.45) is -2.69. The van der Waals surface area contributed by atoms with Crippen molar-refractivity contribution in [1.82, 2.24) is 0 Å². The molecule has 5 N–H and O–H groups in total. The zero-order valence-electron chi connectivity index (χ0n) is 12.6. The van der Waals surface area contributed by atoms with E-state index in [0.29, 0.717) is 12.8 Å². The van der Waals surface area contributed by atoms with Crippen molar-refractivity contribution in [3.8, 4) is 0 Å². The van der Waals surface area contributed by atoms with Gasteiger partial charge in [0.15, 0.2) is 0 Å². The molecule has 1 aliphatic rings. The monoisotopic (exact) mass is 387 g/mol. The molecule has 0 radical (unpaired) electrons. The number of aliphatic hydroxyl groups excluding tert-OH is 4. The Morgan fingerprint density at radius 3 is 2.50 bits per heavy atom. The zero-order chi connectivity index (χ0) is 18.3. The molecule has 24 heavy (non-hydrogen) atoms. The molecule has 10 nitrogen and oxygen atoms in total. The molecular formula is C12H21NO9S2. The molecular weight excluding hydrogens is 366 g/mol. The number of hydrogen-bond acceptors (Lipinski definition) is 10. The number of hydrogen-bond donors (Lipinski definition) is 5. The van der Waals surface area contributed by atoms with E-state index in [9.17, 15) is 23.7 Å². The largest absolute Gasteiger partial charge is 0.466 e. The number of oxime groups is 1. The standard InChI is InChI=1S/C12H21NO9S2/c1-2-3-4-5-8(13-22-24(18,19)20)23-12-11(17)10(16)9(15)7(6-14)21-12/h2,7,9-12,14-17H,1,3-6H2,(H,18,19,20)/b13-8+. The summed E-state index contributed by atoms with van der Waals surface area (Å²) in [5, 5.41) is 41.9. The Labute approximate surface area is 143 Å². The van der Waals surface area contributed by atoms with Gasteiger partial charge in [-0.05, 0) is 19.3 Å². The maximum absolute atomic E-state index is 10.6. The van der Waals surface area contributed by atoms with E-state index in [1.165, 1.54) is 0 Å². The van der Waals surface area contributed by atoms with E-state index in [0.717, 1.165) is 11.8 Å². The molecule has 0 aromatic carbocycles. The van der Waals surface area contributed by atoms with Gasteiger partial charge in [0.05, 0.1) is 6.61 Å². The molecule has 0 amide bonds. The number of thioether (sulfide) groups is 1. The first-order chi connectivity index (χ1) is 11.2. The Bertz CT molecular complexity index is 537. The first kappa shape index (κ1) is 21.3. The van der Waals surface area contributed by atoms with Crippen molar-refractivity contribution in [3.63, 3.8) is 0 Å². The minimum atomic E-state index is -4.79. The summed E-state index contributed by atoms with van der Waals surface area (Å²) in [4.78, 5) is 0. The normalized spacial score (nSPS) is 31.7. The Hall–Kier alpha value is -0.730. The van der Waals surface area contributed by atoms with Crippen LogP contribution in [0.5, 0.6) is 0 Å². The molecule has 1 saturated heterocycles. The third kappa shape index (κ3) is 6.64. The Kier molecular flexibility index (Phi) is 8.59. The van der Waals surface area contributed by atoms with E-state index in [1.54, 1.807) is 6.08 Å². The highest BCUT2D eigenvalue weighted by Crippen LogP contribution is 2.30. The Morgan fingerprint density at radius 2 is 1.96 bits per heavy atom. The fourth-order valence-corrected chi connectivity index (χ4v) is 3.25. The van der Waals surface area contributed by atoms with Crippen LogP contribution in [0.25, 0.3) is 0 Å². The number of allylic oxidation sites excluding steroid dienone is 1. The van der Waals surface area contributed by atoms with Gasteiger partial charge in [0, 0.05) is 0 Å². The van der Waals surface area contributed by atoms with Crippen molar-refractivity contribution in [1.29, 1.82) is 0 Å². The van der Waals surface area contributed by atoms with Crippen LogP contribution in [-0.4, -0.2) is 74.9 Å². The summed E-state index contributed by atoms with van der Waals surface area (Å²) in [5.74, 6) is 0. The van der Waals surface area contributed by atoms with Crippen LogP contribution in [0, 0.1) is 0 Å². The summed E-state index contributed by atoms with van der Waals surface area (Å²) < 4.78 is 39.1. The number of rotatable bonds is 8. The summed E-state index contributed by atoms with van der Waals surface area (Å²) in [6.45, 7) is 2.95. The van der Waals surface area contributed by atoms with Crippen LogP contribution in [0.3, 0.4) is 0 Å². The summed E-state index contributed by atoms with van der Waals surface area (Å²) in [7, 11) is -4.79. The molecule has 1 rings (SSSR count). The maximum atomic E-state index is 10.6. The summed E-state index contributed by atoms with van der Waals surface area (Å²) >= 11 is 0.750. The minimum Gasteiger partial charge on any atom is -0.394 e. The van der Waals surface area contributed by atoms with Crippen molar-refractivity contribution in [2.75, 3.05) is 6.61 Å². The highest BCUT2D eigenvalue weighted by atomic mass is 32.3. The molecule has 5 atom stereocenters. The van der Waals surface area contributed by atoms with Crippen molar-refractivity contribution in [2.24, 2.45) is 5.16 Å². The van der Waals surface area contributed by atoms with Crippen molar-refractivity contribution in [3.05, 3.63) is 12.7 Å². The third-order valence-corrected chi connectivity index (χ3v) is 4.57. The second-order valence-electron chi connectivity index (χ2n) is 4.98. The summed E-state index contributed by atoms with van der Waals surface area (Å²) in [5.41, 5.74) is -1.13. The lowest BCUT2D eigenvalue weighted by Crippen LogP contribution is -2.57. The van der Waals surface area contributed by atoms with Gasteiger partial charge in [0.2, 0.25) is 0 Å².